The number of ether oxygens (including phenoxy) is 2. The Labute approximate surface area is 116 Å². The van der Waals surface area contributed by atoms with Crippen molar-refractivity contribution in [2.75, 3.05) is 26.4 Å². The highest BCUT2D eigenvalue weighted by molar-refractivity contribution is 5.40. The summed E-state index contributed by atoms with van der Waals surface area (Å²) in [5, 5.41) is 3.61. The van der Waals surface area contributed by atoms with Crippen molar-refractivity contribution in [2.24, 2.45) is 0 Å². The first kappa shape index (κ1) is 14.4. The molecule has 2 rings (SSSR count). The maximum atomic E-state index is 5.57. The lowest BCUT2D eigenvalue weighted by Crippen LogP contribution is -2.23. The van der Waals surface area contributed by atoms with E-state index in [4.69, 9.17) is 9.47 Å². The molecule has 1 unspecified atom stereocenters. The van der Waals surface area contributed by atoms with Crippen LogP contribution in [0.1, 0.15) is 43.9 Å². The monoisotopic (exact) mass is 263 g/mol. The molecular formula is C16H25NO2. The van der Waals surface area contributed by atoms with Crippen LogP contribution in [0.2, 0.25) is 0 Å². The van der Waals surface area contributed by atoms with E-state index in [0.717, 1.165) is 51.4 Å². The van der Waals surface area contributed by atoms with Gasteiger partial charge in [0.15, 0.2) is 0 Å². The lowest BCUT2D eigenvalue weighted by Gasteiger charge is -2.19. The molecular weight excluding hydrogens is 238 g/mol. The number of rotatable bonds is 8. The molecule has 1 aromatic rings. The summed E-state index contributed by atoms with van der Waals surface area (Å²) in [5.74, 6) is 1.06. The second-order valence-electron chi connectivity index (χ2n) is 4.96. The fourth-order valence-electron chi connectivity index (χ4n) is 2.47. The first-order valence-electron chi connectivity index (χ1n) is 7.42. The molecule has 0 aliphatic carbocycles. The SMILES string of the molecule is CCCNC(CCOCC)c1ccc2c(c1)CCO2. The van der Waals surface area contributed by atoms with Gasteiger partial charge in [0.1, 0.15) is 5.75 Å². The Hall–Kier alpha value is -1.06. The molecule has 0 saturated heterocycles. The van der Waals surface area contributed by atoms with Crippen LogP contribution >= 0.6 is 0 Å². The van der Waals surface area contributed by atoms with Crippen molar-refractivity contribution >= 4 is 0 Å². The first-order chi connectivity index (χ1) is 9.35. The molecule has 0 aromatic heterocycles. The number of fused-ring (bicyclic) bond motifs is 1. The van der Waals surface area contributed by atoms with Gasteiger partial charge in [-0.1, -0.05) is 19.1 Å². The second kappa shape index (κ2) is 7.51. The molecule has 1 N–H and O–H groups in total. The molecule has 0 radical (unpaired) electrons. The van der Waals surface area contributed by atoms with Crippen molar-refractivity contribution in [1.29, 1.82) is 0 Å². The summed E-state index contributed by atoms with van der Waals surface area (Å²) in [6.07, 6.45) is 3.21. The number of hydrogen-bond acceptors (Lipinski definition) is 3. The molecule has 0 bridgehead atoms. The van der Waals surface area contributed by atoms with E-state index in [1.165, 1.54) is 11.1 Å². The molecule has 0 fully saturated rings. The maximum Gasteiger partial charge on any atom is 0.122 e. The lowest BCUT2D eigenvalue weighted by molar-refractivity contribution is 0.136. The summed E-state index contributed by atoms with van der Waals surface area (Å²) in [5.41, 5.74) is 2.70. The van der Waals surface area contributed by atoms with Gasteiger partial charge in [-0.15, -0.1) is 0 Å². The second-order valence-corrected chi connectivity index (χ2v) is 4.96. The predicted molar refractivity (Wildman–Crippen MR) is 77.8 cm³/mol. The van der Waals surface area contributed by atoms with Crippen LogP contribution in [0.3, 0.4) is 0 Å². The van der Waals surface area contributed by atoms with Gasteiger partial charge in [0.05, 0.1) is 6.61 Å². The average Bonchev–Trinajstić information content (AvgIpc) is 2.90. The average molecular weight is 263 g/mol. The standard InChI is InChI=1S/C16H25NO2/c1-3-9-17-15(8-10-18-4-2)13-5-6-16-14(12-13)7-11-19-16/h5-6,12,15,17H,3-4,7-11H2,1-2H3. The minimum absolute atomic E-state index is 0.386. The van der Waals surface area contributed by atoms with E-state index in [-0.39, 0.29) is 0 Å². The van der Waals surface area contributed by atoms with Gasteiger partial charge in [0.25, 0.3) is 0 Å². The Balaban J connectivity index is 2.03. The van der Waals surface area contributed by atoms with Gasteiger partial charge >= 0.3 is 0 Å². The van der Waals surface area contributed by atoms with E-state index in [1.54, 1.807) is 0 Å². The number of hydrogen-bond donors (Lipinski definition) is 1. The van der Waals surface area contributed by atoms with Crippen molar-refractivity contribution < 1.29 is 9.47 Å². The fraction of sp³-hybridized carbons (Fsp3) is 0.625. The molecule has 1 atom stereocenters. The van der Waals surface area contributed by atoms with Crippen LogP contribution in [0, 0.1) is 0 Å². The number of benzene rings is 1. The van der Waals surface area contributed by atoms with Crippen LogP contribution in [0.4, 0.5) is 0 Å². The Morgan fingerprint density at radius 3 is 3.05 bits per heavy atom. The van der Waals surface area contributed by atoms with Gasteiger partial charge in [-0.25, -0.2) is 0 Å². The van der Waals surface area contributed by atoms with Crippen LogP contribution in [0.5, 0.6) is 5.75 Å². The van der Waals surface area contributed by atoms with E-state index in [2.05, 4.69) is 30.4 Å². The molecule has 1 aliphatic heterocycles. The zero-order valence-corrected chi connectivity index (χ0v) is 12.1. The fourth-order valence-corrected chi connectivity index (χ4v) is 2.47. The van der Waals surface area contributed by atoms with E-state index in [0.29, 0.717) is 6.04 Å². The summed E-state index contributed by atoms with van der Waals surface area (Å²) in [6, 6.07) is 6.97. The summed E-state index contributed by atoms with van der Waals surface area (Å²) in [6.45, 7) is 7.71. The Bertz CT molecular complexity index is 392. The molecule has 1 aromatic carbocycles. The van der Waals surface area contributed by atoms with Crippen LogP contribution in [0.15, 0.2) is 18.2 Å². The van der Waals surface area contributed by atoms with E-state index >= 15 is 0 Å². The summed E-state index contributed by atoms with van der Waals surface area (Å²) in [4.78, 5) is 0. The molecule has 0 saturated carbocycles. The molecule has 1 aliphatic rings. The number of nitrogens with one attached hydrogen (secondary N) is 1. The van der Waals surface area contributed by atoms with Crippen molar-refractivity contribution in [2.45, 2.75) is 39.2 Å². The van der Waals surface area contributed by atoms with Crippen molar-refractivity contribution in [3.05, 3.63) is 29.3 Å². The Morgan fingerprint density at radius 2 is 2.26 bits per heavy atom. The zero-order valence-electron chi connectivity index (χ0n) is 12.1. The summed E-state index contributed by atoms with van der Waals surface area (Å²) < 4.78 is 11.1. The lowest BCUT2D eigenvalue weighted by atomic mass is 10.0. The van der Waals surface area contributed by atoms with Crippen LogP contribution in [-0.2, 0) is 11.2 Å². The third kappa shape index (κ3) is 3.95. The molecule has 3 nitrogen and oxygen atoms in total. The molecule has 1 heterocycles. The topological polar surface area (TPSA) is 30.5 Å². The van der Waals surface area contributed by atoms with Crippen LogP contribution in [0.25, 0.3) is 0 Å². The smallest absolute Gasteiger partial charge is 0.122 e. The molecule has 3 heteroatoms. The minimum atomic E-state index is 0.386. The molecule has 106 valence electrons. The van der Waals surface area contributed by atoms with Crippen LogP contribution < -0.4 is 10.1 Å². The van der Waals surface area contributed by atoms with E-state index < -0.39 is 0 Å². The normalized spacial score (nSPS) is 15.1. The Kier molecular flexibility index (Phi) is 5.67. The van der Waals surface area contributed by atoms with Crippen molar-refractivity contribution in [3.8, 4) is 5.75 Å². The highest BCUT2D eigenvalue weighted by Crippen LogP contribution is 2.29. The van der Waals surface area contributed by atoms with Crippen molar-refractivity contribution in [3.63, 3.8) is 0 Å². The predicted octanol–water partition coefficient (Wildman–Crippen LogP) is 3.09. The van der Waals surface area contributed by atoms with Gasteiger partial charge in [0.2, 0.25) is 0 Å². The summed E-state index contributed by atoms with van der Waals surface area (Å²) >= 11 is 0. The molecule has 0 spiro atoms. The van der Waals surface area contributed by atoms with Gasteiger partial charge in [-0.05, 0) is 43.5 Å². The Morgan fingerprint density at radius 1 is 1.37 bits per heavy atom. The maximum absolute atomic E-state index is 5.57. The molecule has 19 heavy (non-hydrogen) atoms. The zero-order chi connectivity index (χ0) is 13.5. The van der Waals surface area contributed by atoms with Gasteiger partial charge in [-0.3, -0.25) is 0 Å². The van der Waals surface area contributed by atoms with Gasteiger partial charge < -0.3 is 14.8 Å². The minimum Gasteiger partial charge on any atom is -0.493 e. The van der Waals surface area contributed by atoms with E-state index in [9.17, 15) is 0 Å². The van der Waals surface area contributed by atoms with Gasteiger partial charge in [-0.2, -0.15) is 0 Å². The highest BCUT2D eigenvalue weighted by Gasteiger charge is 2.16. The van der Waals surface area contributed by atoms with Crippen LogP contribution in [-0.4, -0.2) is 26.4 Å². The quantitative estimate of drug-likeness (QED) is 0.731. The first-order valence-corrected chi connectivity index (χ1v) is 7.42. The van der Waals surface area contributed by atoms with E-state index in [1.807, 2.05) is 6.92 Å². The largest absolute Gasteiger partial charge is 0.493 e. The highest BCUT2D eigenvalue weighted by atomic mass is 16.5. The third-order valence-corrected chi connectivity index (χ3v) is 3.51. The van der Waals surface area contributed by atoms with Crippen molar-refractivity contribution in [1.82, 2.24) is 5.32 Å². The third-order valence-electron chi connectivity index (χ3n) is 3.51. The summed E-state index contributed by atoms with van der Waals surface area (Å²) in [7, 11) is 0. The van der Waals surface area contributed by atoms with Gasteiger partial charge in [0, 0.05) is 25.7 Å². The molecule has 0 amide bonds.